The molecule has 0 saturated carbocycles. The van der Waals surface area contributed by atoms with Gasteiger partial charge in [-0.05, 0) is 80.4 Å². The highest BCUT2D eigenvalue weighted by Crippen LogP contribution is 2.45. The molecule has 1 saturated heterocycles. The Morgan fingerprint density at radius 2 is 2.00 bits per heavy atom. The monoisotopic (exact) mass is 413 g/mol. The maximum Gasteiger partial charge on any atom is 0.248 e. The SMILES string of the molecule is Cc1cc(OCCN2CCC3(CC2)C(=O)Nc2ccc(Cl)cc23)ccc1C(N)=O. The summed E-state index contributed by atoms with van der Waals surface area (Å²) in [5.74, 6) is 0.366. The predicted molar refractivity (Wildman–Crippen MR) is 113 cm³/mol. The number of hydrogen-bond acceptors (Lipinski definition) is 4. The first-order valence-electron chi connectivity index (χ1n) is 9.76. The molecule has 2 amide bonds. The number of nitrogens with one attached hydrogen (secondary N) is 1. The third-order valence-electron chi connectivity index (χ3n) is 6.03. The van der Waals surface area contributed by atoms with Gasteiger partial charge in [0.25, 0.3) is 0 Å². The van der Waals surface area contributed by atoms with Crippen LogP contribution in [0.2, 0.25) is 5.02 Å². The number of amides is 2. The van der Waals surface area contributed by atoms with Gasteiger partial charge in [-0.2, -0.15) is 0 Å². The number of nitrogens with two attached hydrogens (primary N) is 1. The van der Waals surface area contributed by atoms with E-state index in [1.54, 1.807) is 12.1 Å². The van der Waals surface area contributed by atoms with Gasteiger partial charge >= 0.3 is 0 Å². The van der Waals surface area contributed by atoms with E-state index in [-0.39, 0.29) is 5.91 Å². The number of fused-ring (bicyclic) bond motifs is 2. The molecule has 152 valence electrons. The Hall–Kier alpha value is -2.57. The van der Waals surface area contributed by atoms with Crippen LogP contribution in [0.5, 0.6) is 5.75 Å². The molecule has 29 heavy (non-hydrogen) atoms. The molecule has 7 heteroatoms. The molecule has 3 N–H and O–H groups in total. The van der Waals surface area contributed by atoms with Crippen molar-refractivity contribution in [2.24, 2.45) is 5.73 Å². The van der Waals surface area contributed by atoms with Gasteiger partial charge in [-0.15, -0.1) is 0 Å². The van der Waals surface area contributed by atoms with Crippen molar-refractivity contribution < 1.29 is 14.3 Å². The summed E-state index contributed by atoms with van der Waals surface area (Å²) >= 11 is 6.18. The van der Waals surface area contributed by atoms with Crippen LogP contribution in [0.3, 0.4) is 0 Å². The maximum atomic E-state index is 12.7. The normalized spacial score (nSPS) is 17.8. The van der Waals surface area contributed by atoms with Crippen LogP contribution in [0.25, 0.3) is 0 Å². The van der Waals surface area contributed by atoms with Crippen molar-refractivity contribution in [3.63, 3.8) is 0 Å². The van der Waals surface area contributed by atoms with E-state index in [9.17, 15) is 9.59 Å². The third-order valence-corrected chi connectivity index (χ3v) is 6.26. The smallest absolute Gasteiger partial charge is 0.248 e. The first-order valence-corrected chi connectivity index (χ1v) is 10.1. The Balaban J connectivity index is 1.33. The number of likely N-dealkylation sites (tertiary alicyclic amines) is 1. The standard InChI is InChI=1S/C22H24ClN3O3/c1-14-12-16(3-4-17(14)20(24)27)29-11-10-26-8-6-22(7-9-26)18-13-15(23)2-5-19(18)25-21(22)28/h2-5,12-13H,6-11H2,1H3,(H2,24,27)(H,25,28). The van der Waals surface area contributed by atoms with Gasteiger partial charge < -0.3 is 15.8 Å². The van der Waals surface area contributed by atoms with Gasteiger partial charge in [-0.1, -0.05) is 11.6 Å². The molecule has 6 nitrogen and oxygen atoms in total. The summed E-state index contributed by atoms with van der Waals surface area (Å²) in [5, 5.41) is 3.67. The van der Waals surface area contributed by atoms with Gasteiger partial charge in [-0.3, -0.25) is 14.5 Å². The lowest BCUT2D eigenvalue weighted by Gasteiger charge is -2.38. The molecule has 0 aliphatic carbocycles. The molecule has 2 aliphatic heterocycles. The number of hydrogen-bond donors (Lipinski definition) is 2. The zero-order valence-electron chi connectivity index (χ0n) is 16.3. The van der Waals surface area contributed by atoms with Crippen molar-refractivity contribution >= 4 is 29.1 Å². The number of carbonyl (C=O) groups is 2. The van der Waals surface area contributed by atoms with E-state index < -0.39 is 11.3 Å². The van der Waals surface area contributed by atoms with E-state index in [2.05, 4.69) is 10.2 Å². The summed E-state index contributed by atoms with van der Waals surface area (Å²) in [6, 6.07) is 10.9. The minimum absolute atomic E-state index is 0.0793. The molecule has 2 aromatic rings. The number of nitrogens with zero attached hydrogens (tertiary/aromatic N) is 1. The van der Waals surface area contributed by atoms with E-state index in [4.69, 9.17) is 22.1 Å². The lowest BCUT2D eigenvalue weighted by Crippen LogP contribution is -2.47. The van der Waals surface area contributed by atoms with E-state index >= 15 is 0 Å². The summed E-state index contributed by atoms with van der Waals surface area (Å²) < 4.78 is 5.84. The highest BCUT2D eigenvalue weighted by atomic mass is 35.5. The average Bonchev–Trinajstić information content (AvgIpc) is 2.94. The van der Waals surface area contributed by atoms with Crippen molar-refractivity contribution in [3.8, 4) is 5.75 Å². The second-order valence-corrected chi connectivity index (χ2v) is 8.19. The molecule has 2 aromatic carbocycles. The van der Waals surface area contributed by atoms with Crippen LogP contribution in [0.1, 0.15) is 34.3 Å². The molecule has 0 unspecified atom stereocenters. The van der Waals surface area contributed by atoms with E-state index in [0.29, 0.717) is 17.2 Å². The average molecular weight is 414 g/mol. The van der Waals surface area contributed by atoms with E-state index in [1.807, 2.05) is 31.2 Å². The van der Waals surface area contributed by atoms with Gasteiger partial charge in [0, 0.05) is 22.8 Å². The Kier molecular flexibility index (Phi) is 5.23. The minimum atomic E-state index is -0.473. The van der Waals surface area contributed by atoms with Crippen molar-refractivity contribution in [1.82, 2.24) is 4.90 Å². The summed E-state index contributed by atoms with van der Waals surface area (Å²) in [6.45, 7) is 4.80. The van der Waals surface area contributed by atoms with Gasteiger partial charge in [0.05, 0.1) is 5.41 Å². The van der Waals surface area contributed by atoms with Gasteiger partial charge in [-0.25, -0.2) is 0 Å². The molecule has 0 atom stereocenters. The Morgan fingerprint density at radius 3 is 2.69 bits per heavy atom. The van der Waals surface area contributed by atoms with Gasteiger partial charge in [0.1, 0.15) is 12.4 Å². The summed E-state index contributed by atoms with van der Waals surface area (Å²) in [4.78, 5) is 26.3. The molecular formula is C22H24ClN3O3. The summed E-state index contributed by atoms with van der Waals surface area (Å²) in [7, 11) is 0. The number of carbonyl (C=O) groups excluding carboxylic acids is 2. The number of primary amides is 1. The third kappa shape index (κ3) is 3.70. The van der Waals surface area contributed by atoms with Crippen LogP contribution < -0.4 is 15.8 Å². The number of anilines is 1. The minimum Gasteiger partial charge on any atom is -0.492 e. The molecule has 4 rings (SSSR count). The quantitative estimate of drug-likeness (QED) is 0.788. The molecule has 1 spiro atoms. The van der Waals surface area contributed by atoms with Crippen LogP contribution >= 0.6 is 11.6 Å². The van der Waals surface area contributed by atoms with Crippen LogP contribution in [0.15, 0.2) is 36.4 Å². The van der Waals surface area contributed by atoms with Crippen molar-refractivity contribution in [2.45, 2.75) is 25.2 Å². The van der Waals surface area contributed by atoms with Crippen LogP contribution in [0, 0.1) is 6.92 Å². The largest absolute Gasteiger partial charge is 0.492 e. The van der Waals surface area contributed by atoms with Crippen LogP contribution in [0.4, 0.5) is 5.69 Å². The molecule has 1 fully saturated rings. The molecule has 2 aliphatic rings. The van der Waals surface area contributed by atoms with Crippen molar-refractivity contribution in [3.05, 3.63) is 58.1 Å². The lowest BCUT2D eigenvalue weighted by atomic mass is 9.73. The Bertz CT molecular complexity index is 968. The molecule has 0 aromatic heterocycles. The fraction of sp³-hybridized carbons (Fsp3) is 0.364. The molecular weight excluding hydrogens is 390 g/mol. The number of rotatable bonds is 5. The number of aryl methyl sites for hydroxylation is 1. The highest BCUT2D eigenvalue weighted by molar-refractivity contribution is 6.31. The summed E-state index contributed by atoms with van der Waals surface area (Å²) in [5.41, 5.74) is 8.08. The van der Waals surface area contributed by atoms with Crippen molar-refractivity contribution in [1.29, 1.82) is 0 Å². The number of ether oxygens (including phenoxy) is 1. The fourth-order valence-corrected chi connectivity index (χ4v) is 4.51. The maximum absolute atomic E-state index is 12.7. The summed E-state index contributed by atoms with van der Waals surface area (Å²) in [6.07, 6.45) is 1.52. The molecule has 2 heterocycles. The van der Waals surface area contributed by atoms with Gasteiger partial charge in [0.2, 0.25) is 11.8 Å². The zero-order valence-corrected chi connectivity index (χ0v) is 17.1. The second kappa shape index (κ2) is 7.69. The van der Waals surface area contributed by atoms with Crippen LogP contribution in [-0.4, -0.2) is 43.0 Å². The first kappa shape index (κ1) is 19.7. The molecule has 0 bridgehead atoms. The number of halogens is 1. The zero-order chi connectivity index (χ0) is 20.6. The lowest BCUT2D eigenvalue weighted by molar-refractivity contribution is -0.122. The second-order valence-electron chi connectivity index (χ2n) is 7.76. The van der Waals surface area contributed by atoms with Crippen LogP contribution in [-0.2, 0) is 10.2 Å². The number of benzene rings is 2. The molecule has 0 radical (unpaired) electrons. The number of piperidine rings is 1. The van der Waals surface area contributed by atoms with E-state index in [1.165, 1.54) is 0 Å². The topological polar surface area (TPSA) is 84.7 Å². The highest BCUT2D eigenvalue weighted by Gasteiger charge is 2.48. The Morgan fingerprint density at radius 1 is 1.24 bits per heavy atom. The van der Waals surface area contributed by atoms with E-state index in [0.717, 1.165) is 55.0 Å². The first-order chi connectivity index (χ1) is 13.9. The Labute approximate surface area is 175 Å². The predicted octanol–water partition coefficient (Wildman–Crippen LogP) is 3.11. The van der Waals surface area contributed by atoms with Crippen molar-refractivity contribution in [2.75, 3.05) is 31.6 Å². The fourth-order valence-electron chi connectivity index (χ4n) is 4.34. The van der Waals surface area contributed by atoms with Gasteiger partial charge in [0.15, 0.2) is 0 Å².